The van der Waals surface area contributed by atoms with Crippen molar-refractivity contribution in [3.8, 4) is 0 Å². The van der Waals surface area contributed by atoms with Gasteiger partial charge in [0, 0.05) is 23.8 Å². The lowest BCUT2D eigenvalue weighted by atomic mass is 10.1. The Kier molecular flexibility index (Phi) is 6.75. The van der Waals surface area contributed by atoms with Crippen molar-refractivity contribution in [2.75, 3.05) is 31.6 Å². The van der Waals surface area contributed by atoms with Crippen molar-refractivity contribution in [2.24, 2.45) is 0 Å². The van der Waals surface area contributed by atoms with Crippen LogP contribution >= 0.6 is 11.6 Å². The summed E-state index contributed by atoms with van der Waals surface area (Å²) in [4.78, 5) is 14.0. The lowest BCUT2D eigenvalue weighted by molar-refractivity contribution is 0.0686. The molecule has 0 heterocycles. The van der Waals surface area contributed by atoms with E-state index in [1.54, 1.807) is 18.2 Å². The van der Waals surface area contributed by atoms with E-state index in [9.17, 15) is 9.18 Å². The van der Waals surface area contributed by atoms with Crippen LogP contribution in [0.5, 0.6) is 0 Å². The van der Waals surface area contributed by atoms with Gasteiger partial charge in [-0.3, -0.25) is 4.79 Å². The van der Waals surface area contributed by atoms with Crippen LogP contribution in [0.2, 0.25) is 5.02 Å². The molecule has 0 atom stereocenters. The lowest BCUT2D eigenvalue weighted by Crippen LogP contribution is -2.36. The van der Waals surface area contributed by atoms with E-state index in [1.165, 1.54) is 23.1 Å². The first kappa shape index (κ1) is 19.2. The van der Waals surface area contributed by atoms with Crippen LogP contribution in [-0.4, -0.2) is 47.3 Å². The molecule has 0 saturated carbocycles. The largest absolute Gasteiger partial charge is 0.395 e. The molecule has 0 aromatic heterocycles. The summed E-state index contributed by atoms with van der Waals surface area (Å²) in [6.07, 6.45) is 0. The zero-order chi connectivity index (χ0) is 18.4. The number of benzene rings is 2. The van der Waals surface area contributed by atoms with E-state index in [4.69, 9.17) is 21.8 Å². The van der Waals surface area contributed by atoms with E-state index in [-0.39, 0.29) is 37.6 Å². The number of aliphatic hydroxyl groups excluding tert-OH is 2. The highest BCUT2D eigenvalue weighted by Crippen LogP contribution is 2.29. The first-order chi connectivity index (χ1) is 12.0. The molecule has 7 heteroatoms. The van der Waals surface area contributed by atoms with Crippen LogP contribution in [-0.2, 0) is 0 Å². The Morgan fingerprint density at radius 1 is 1.16 bits per heavy atom. The van der Waals surface area contributed by atoms with E-state index in [2.05, 4.69) is 5.32 Å². The van der Waals surface area contributed by atoms with Gasteiger partial charge in [0.05, 0.1) is 24.5 Å². The van der Waals surface area contributed by atoms with E-state index < -0.39 is 11.7 Å². The van der Waals surface area contributed by atoms with Gasteiger partial charge in [-0.1, -0.05) is 17.7 Å². The fourth-order valence-electron chi connectivity index (χ4n) is 2.42. The molecule has 3 N–H and O–H groups in total. The molecule has 0 spiro atoms. The number of amides is 1. The fourth-order valence-corrected chi connectivity index (χ4v) is 2.60. The number of hydrogen-bond acceptors (Lipinski definition) is 4. The zero-order valence-electron chi connectivity index (χ0n) is 13.8. The Hall–Kier alpha value is -2.15. The molecule has 0 aliphatic heterocycles. The van der Waals surface area contributed by atoms with Crippen molar-refractivity contribution in [1.82, 2.24) is 4.90 Å². The van der Waals surface area contributed by atoms with Gasteiger partial charge in [-0.05, 0) is 42.8 Å². The first-order valence-electron chi connectivity index (χ1n) is 7.80. The highest BCUT2D eigenvalue weighted by atomic mass is 35.5. The molecule has 5 nitrogen and oxygen atoms in total. The normalized spacial score (nSPS) is 10.6. The Morgan fingerprint density at radius 3 is 2.48 bits per heavy atom. The smallest absolute Gasteiger partial charge is 0.256 e. The van der Waals surface area contributed by atoms with Crippen LogP contribution in [0.4, 0.5) is 15.8 Å². The second-order valence-corrected chi connectivity index (χ2v) is 5.87. The van der Waals surface area contributed by atoms with Crippen molar-refractivity contribution >= 4 is 28.9 Å². The number of carbonyl (C=O) groups is 1. The van der Waals surface area contributed by atoms with Crippen LogP contribution < -0.4 is 5.32 Å². The molecule has 134 valence electrons. The third-order valence-electron chi connectivity index (χ3n) is 3.78. The Labute approximate surface area is 150 Å². The van der Waals surface area contributed by atoms with Crippen LogP contribution in [0.1, 0.15) is 15.9 Å². The van der Waals surface area contributed by atoms with Gasteiger partial charge in [-0.25, -0.2) is 4.39 Å². The summed E-state index contributed by atoms with van der Waals surface area (Å²) in [5, 5.41) is 21.8. The summed E-state index contributed by atoms with van der Waals surface area (Å²) >= 11 is 6.10. The Balaban J connectivity index is 2.40. The van der Waals surface area contributed by atoms with E-state index in [0.29, 0.717) is 10.7 Å². The van der Waals surface area contributed by atoms with Gasteiger partial charge in [0.1, 0.15) is 5.82 Å². The molecular formula is C18H20ClFN2O3. The Bertz CT molecular complexity index is 749. The molecule has 2 rings (SSSR count). The third-order valence-corrected chi connectivity index (χ3v) is 4.19. The predicted octanol–water partition coefficient (Wildman–Crippen LogP) is 2.96. The van der Waals surface area contributed by atoms with Crippen molar-refractivity contribution in [3.63, 3.8) is 0 Å². The Morgan fingerprint density at radius 2 is 1.84 bits per heavy atom. The average Bonchev–Trinajstić information content (AvgIpc) is 2.58. The number of nitrogens with one attached hydrogen (secondary N) is 1. The second kappa shape index (κ2) is 8.80. The fraction of sp³-hybridized carbons (Fsp3) is 0.278. The van der Waals surface area contributed by atoms with Crippen molar-refractivity contribution in [3.05, 3.63) is 58.4 Å². The maximum Gasteiger partial charge on any atom is 0.256 e. The summed E-state index contributed by atoms with van der Waals surface area (Å²) in [5.74, 6) is -0.903. The number of nitrogens with zero attached hydrogens (tertiary/aromatic N) is 1. The summed E-state index contributed by atoms with van der Waals surface area (Å²) < 4.78 is 13.7. The molecule has 0 fully saturated rings. The van der Waals surface area contributed by atoms with Crippen molar-refractivity contribution in [1.29, 1.82) is 0 Å². The topological polar surface area (TPSA) is 72.8 Å². The summed E-state index contributed by atoms with van der Waals surface area (Å²) in [7, 11) is 0. The van der Waals surface area contributed by atoms with Gasteiger partial charge in [0.2, 0.25) is 0 Å². The van der Waals surface area contributed by atoms with Gasteiger partial charge in [-0.2, -0.15) is 0 Å². The molecule has 0 aliphatic rings. The minimum atomic E-state index is -0.491. The molecule has 1 amide bonds. The van der Waals surface area contributed by atoms with Crippen LogP contribution in [0.25, 0.3) is 0 Å². The highest BCUT2D eigenvalue weighted by molar-refractivity contribution is 6.31. The molecule has 0 saturated heterocycles. The monoisotopic (exact) mass is 366 g/mol. The summed E-state index contributed by atoms with van der Waals surface area (Å²) in [6.45, 7) is 1.50. The lowest BCUT2D eigenvalue weighted by Gasteiger charge is -2.23. The van der Waals surface area contributed by atoms with Crippen LogP contribution in [0.3, 0.4) is 0 Å². The minimum Gasteiger partial charge on any atom is -0.395 e. The molecule has 0 bridgehead atoms. The number of aliphatic hydroxyl groups is 2. The van der Waals surface area contributed by atoms with Crippen LogP contribution in [0, 0.1) is 12.7 Å². The quantitative estimate of drug-likeness (QED) is 0.704. The predicted molar refractivity (Wildman–Crippen MR) is 95.9 cm³/mol. The average molecular weight is 367 g/mol. The van der Waals surface area contributed by atoms with Crippen LogP contribution in [0.15, 0.2) is 36.4 Å². The van der Waals surface area contributed by atoms with Crippen molar-refractivity contribution < 1.29 is 19.4 Å². The summed E-state index contributed by atoms with van der Waals surface area (Å²) in [6, 6.07) is 9.07. The molecule has 25 heavy (non-hydrogen) atoms. The second-order valence-electron chi connectivity index (χ2n) is 5.47. The number of carbonyl (C=O) groups excluding carboxylic acids is 1. The first-order valence-corrected chi connectivity index (χ1v) is 8.18. The maximum atomic E-state index is 13.7. The number of rotatable bonds is 7. The molecule has 2 aromatic carbocycles. The third kappa shape index (κ3) is 4.69. The number of hydrogen-bond donors (Lipinski definition) is 3. The molecule has 0 unspecified atom stereocenters. The molecule has 0 aliphatic carbocycles. The summed E-state index contributed by atoms with van der Waals surface area (Å²) in [5.41, 5.74) is 1.95. The van der Waals surface area contributed by atoms with Gasteiger partial charge >= 0.3 is 0 Å². The van der Waals surface area contributed by atoms with E-state index >= 15 is 0 Å². The zero-order valence-corrected chi connectivity index (χ0v) is 14.6. The van der Waals surface area contributed by atoms with Gasteiger partial charge in [0.25, 0.3) is 5.91 Å². The number of halogens is 2. The number of anilines is 2. The maximum absolute atomic E-state index is 13.7. The van der Waals surface area contributed by atoms with E-state index in [1.807, 2.05) is 6.92 Å². The minimum absolute atomic E-state index is 0.0758. The van der Waals surface area contributed by atoms with Gasteiger partial charge in [0.15, 0.2) is 0 Å². The van der Waals surface area contributed by atoms with Gasteiger partial charge < -0.3 is 20.4 Å². The molecule has 0 radical (unpaired) electrons. The van der Waals surface area contributed by atoms with Crippen molar-refractivity contribution in [2.45, 2.75) is 6.92 Å². The van der Waals surface area contributed by atoms with Gasteiger partial charge in [-0.15, -0.1) is 0 Å². The van der Waals surface area contributed by atoms with E-state index in [0.717, 1.165) is 5.56 Å². The SMILES string of the molecule is Cc1c(Cl)cccc1Nc1cc(F)ccc1C(=O)N(CCO)CCO. The molecular weight excluding hydrogens is 347 g/mol. The molecule has 2 aromatic rings. The highest BCUT2D eigenvalue weighted by Gasteiger charge is 2.19. The standard InChI is InChI=1S/C18H20ClFN2O3/c1-12-15(19)3-2-4-16(12)21-17-11-13(20)5-6-14(17)18(25)22(7-9-23)8-10-24/h2-6,11,21,23-24H,7-10H2,1H3.